The van der Waals surface area contributed by atoms with Gasteiger partial charge in [0.2, 0.25) is 0 Å². The van der Waals surface area contributed by atoms with Gasteiger partial charge in [-0.05, 0) is 65.3 Å². The van der Waals surface area contributed by atoms with E-state index in [2.05, 4.69) is 15.1 Å². The van der Waals surface area contributed by atoms with Gasteiger partial charge < -0.3 is 20.2 Å². The Morgan fingerprint density at radius 2 is 1.81 bits per heavy atom. The molecule has 2 aliphatic rings. The molecule has 2 fully saturated rings. The summed E-state index contributed by atoms with van der Waals surface area (Å²) in [6.07, 6.45) is 6.44. The molecule has 1 atom stereocenters. The monoisotopic (exact) mass is 297 g/mol. The number of carboxylic acid groups (broad SMARTS) is 1. The molecule has 21 heavy (non-hydrogen) atoms. The minimum atomic E-state index is -0.827. The van der Waals surface area contributed by atoms with Gasteiger partial charge in [0.1, 0.15) is 5.54 Å². The molecule has 0 aromatic heterocycles. The molecule has 122 valence electrons. The fourth-order valence-electron chi connectivity index (χ4n) is 3.76. The molecule has 0 aliphatic carbocycles. The molecule has 0 bridgehead atoms. The van der Waals surface area contributed by atoms with E-state index in [0.29, 0.717) is 13.1 Å². The summed E-state index contributed by atoms with van der Waals surface area (Å²) in [5.74, 6) is -0.748. The van der Waals surface area contributed by atoms with Gasteiger partial charge in [0, 0.05) is 12.6 Å². The third-order valence-corrected chi connectivity index (χ3v) is 5.04. The molecule has 0 aromatic carbocycles. The Bertz CT molecular complexity index is 336. The van der Waals surface area contributed by atoms with Crippen LogP contribution in [0.1, 0.15) is 46.0 Å². The topological polar surface area (TPSA) is 55.8 Å². The Morgan fingerprint density at radius 1 is 1.19 bits per heavy atom. The number of hydrogen-bond acceptors (Lipinski definition) is 4. The molecule has 5 nitrogen and oxygen atoms in total. The van der Waals surface area contributed by atoms with Crippen LogP contribution < -0.4 is 5.32 Å². The standard InChI is InChI=1S/C16H31N3O2/c1-3-17-16(2,15(20)21)13-18-11-7-14(8-12-18)19-9-5-4-6-10-19/h14,17H,3-13H2,1-2H3,(H,20,21). The molecule has 0 spiro atoms. The molecule has 2 rings (SSSR count). The van der Waals surface area contributed by atoms with Crippen molar-refractivity contribution in [2.24, 2.45) is 0 Å². The maximum Gasteiger partial charge on any atom is 0.324 e. The Hall–Kier alpha value is -0.650. The number of rotatable bonds is 6. The number of carboxylic acids is 1. The van der Waals surface area contributed by atoms with E-state index in [0.717, 1.165) is 19.1 Å². The molecule has 0 amide bonds. The van der Waals surface area contributed by atoms with Gasteiger partial charge >= 0.3 is 5.97 Å². The van der Waals surface area contributed by atoms with Crippen LogP contribution in [0, 0.1) is 0 Å². The van der Waals surface area contributed by atoms with Crippen LogP contribution in [0.5, 0.6) is 0 Å². The largest absolute Gasteiger partial charge is 0.480 e. The molecular formula is C16H31N3O2. The summed E-state index contributed by atoms with van der Waals surface area (Å²) in [6, 6.07) is 0.719. The van der Waals surface area contributed by atoms with E-state index in [1.165, 1.54) is 45.2 Å². The molecular weight excluding hydrogens is 266 g/mol. The van der Waals surface area contributed by atoms with Crippen LogP contribution in [0.25, 0.3) is 0 Å². The number of piperidine rings is 2. The van der Waals surface area contributed by atoms with Crippen LogP contribution in [0.15, 0.2) is 0 Å². The number of nitrogens with zero attached hydrogens (tertiary/aromatic N) is 2. The van der Waals surface area contributed by atoms with Crippen LogP contribution >= 0.6 is 0 Å². The fourth-order valence-corrected chi connectivity index (χ4v) is 3.76. The van der Waals surface area contributed by atoms with E-state index in [1.807, 2.05) is 6.92 Å². The van der Waals surface area contributed by atoms with Gasteiger partial charge in [0.15, 0.2) is 0 Å². The first kappa shape index (κ1) is 16.7. The van der Waals surface area contributed by atoms with Crippen molar-refractivity contribution in [3.8, 4) is 0 Å². The molecule has 2 aliphatic heterocycles. The predicted octanol–water partition coefficient (Wildman–Crippen LogP) is 1.39. The average molecular weight is 297 g/mol. The zero-order valence-corrected chi connectivity index (χ0v) is 13.6. The number of aliphatic carboxylic acids is 1. The van der Waals surface area contributed by atoms with E-state index in [9.17, 15) is 9.90 Å². The smallest absolute Gasteiger partial charge is 0.324 e. The van der Waals surface area contributed by atoms with Crippen molar-refractivity contribution in [1.29, 1.82) is 0 Å². The van der Waals surface area contributed by atoms with Crippen LogP contribution in [0.3, 0.4) is 0 Å². The van der Waals surface area contributed by atoms with Crippen molar-refractivity contribution in [3.05, 3.63) is 0 Å². The minimum absolute atomic E-state index is 0.600. The minimum Gasteiger partial charge on any atom is -0.480 e. The first-order chi connectivity index (χ1) is 10.0. The number of nitrogens with one attached hydrogen (secondary N) is 1. The second-order valence-electron chi connectivity index (χ2n) is 6.77. The van der Waals surface area contributed by atoms with Crippen molar-refractivity contribution < 1.29 is 9.90 Å². The second kappa shape index (κ2) is 7.56. The summed E-state index contributed by atoms with van der Waals surface area (Å²) in [7, 11) is 0. The maximum absolute atomic E-state index is 11.5. The summed E-state index contributed by atoms with van der Waals surface area (Å²) in [6.45, 7) is 9.62. The lowest BCUT2D eigenvalue weighted by Gasteiger charge is -2.42. The van der Waals surface area contributed by atoms with E-state index in [4.69, 9.17) is 0 Å². The van der Waals surface area contributed by atoms with Crippen molar-refractivity contribution in [2.75, 3.05) is 39.3 Å². The van der Waals surface area contributed by atoms with Gasteiger partial charge in [-0.25, -0.2) is 0 Å². The van der Waals surface area contributed by atoms with Gasteiger partial charge in [0.25, 0.3) is 0 Å². The molecule has 0 saturated carbocycles. The summed E-state index contributed by atoms with van der Waals surface area (Å²) in [4.78, 5) is 16.5. The number of likely N-dealkylation sites (tertiary alicyclic amines) is 2. The Labute approximate surface area is 128 Å². The number of likely N-dealkylation sites (N-methyl/N-ethyl adjacent to an activating group) is 1. The van der Waals surface area contributed by atoms with E-state index in [1.54, 1.807) is 6.92 Å². The Kier molecular flexibility index (Phi) is 6.02. The molecule has 2 heterocycles. The molecule has 0 radical (unpaired) electrons. The lowest BCUT2D eigenvalue weighted by atomic mass is 9.96. The summed E-state index contributed by atoms with van der Waals surface area (Å²) in [5.41, 5.74) is -0.827. The van der Waals surface area contributed by atoms with Crippen LogP contribution in [0.2, 0.25) is 0 Å². The summed E-state index contributed by atoms with van der Waals surface area (Å²) < 4.78 is 0. The highest BCUT2D eigenvalue weighted by Crippen LogP contribution is 2.22. The highest BCUT2D eigenvalue weighted by atomic mass is 16.4. The Balaban J connectivity index is 1.81. The molecule has 5 heteroatoms. The Morgan fingerprint density at radius 3 is 2.33 bits per heavy atom. The highest BCUT2D eigenvalue weighted by Gasteiger charge is 2.36. The van der Waals surface area contributed by atoms with Crippen molar-refractivity contribution in [1.82, 2.24) is 15.1 Å². The van der Waals surface area contributed by atoms with Crippen LogP contribution in [0.4, 0.5) is 0 Å². The van der Waals surface area contributed by atoms with E-state index < -0.39 is 11.5 Å². The lowest BCUT2D eigenvalue weighted by Crippen LogP contribution is -2.58. The van der Waals surface area contributed by atoms with Gasteiger partial charge in [-0.15, -0.1) is 0 Å². The highest BCUT2D eigenvalue weighted by molar-refractivity contribution is 5.78. The normalized spacial score (nSPS) is 25.6. The third kappa shape index (κ3) is 4.41. The SMILES string of the molecule is CCNC(C)(CN1CCC(N2CCCCC2)CC1)C(=O)O. The molecule has 1 unspecified atom stereocenters. The first-order valence-corrected chi connectivity index (χ1v) is 8.50. The molecule has 2 saturated heterocycles. The second-order valence-corrected chi connectivity index (χ2v) is 6.77. The van der Waals surface area contributed by atoms with Gasteiger partial charge in [-0.3, -0.25) is 4.79 Å². The zero-order valence-electron chi connectivity index (χ0n) is 13.6. The zero-order chi connectivity index (χ0) is 15.3. The van der Waals surface area contributed by atoms with E-state index >= 15 is 0 Å². The lowest BCUT2D eigenvalue weighted by molar-refractivity contribution is -0.145. The summed E-state index contributed by atoms with van der Waals surface area (Å²) in [5, 5.41) is 12.6. The first-order valence-electron chi connectivity index (χ1n) is 8.50. The quantitative estimate of drug-likeness (QED) is 0.776. The number of carbonyl (C=O) groups is 1. The summed E-state index contributed by atoms with van der Waals surface area (Å²) >= 11 is 0. The average Bonchev–Trinajstić information content (AvgIpc) is 2.49. The molecule has 0 aromatic rings. The van der Waals surface area contributed by atoms with Gasteiger partial charge in [0.05, 0.1) is 0 Å². The van der Waals surface area contributed by atoms with Crippen LogP contribution in [-0.2, 0) is 4.79 Å². The predicted molar refractivity (Wildman–Crippen MR) is 84.6 cm³/mol. The maximum atomic E-state index is 11.5. The fraction of sp³-hybridized carbons (Fsp3) is 0.938. The third-order valence-electron chi connectivity index (χ3n) is 5.04. The number of hydrogen-bond donors (Lipinski definition) is 2. The van der Waals surface area contributed by atoms with Crippen molar-refractivity contribution >= 4 is 5.97 Å². The van der Waals surface area contributed by atoms with Gasteiger partial charge in [-0.1, -0.05) is 13.3 Å². The van der Waals surface area contributed by atoms with Crippen LogP contribution in [-0.4, -0.2) is 71.7 Å². The molecule has 2 N–H and O–H groups in total. The van der Waals surface area contributed by atoms with Gasteiger partial charge in [-0.2, -0.15) is 0 Å². The van der Waals surface area contributed by atoms with Crippen molar-refractivity contribution in [2.45, 2.75) is 57.5 Å². The van der Waals surface area contributed by atoms with Crippen molar-refractivity contribution in [3.63, 3.8) is 0 Å². The van der Waals surface area contributed by atoms with E-state index in [-0.39, 0.29) is 0 Å².